The Kier molecular flexibility index (Phi) is 1.83. The van der Waals surface area contributed by atoms with Gasteiger partial charge in [0, 0.05) is 5.39 Å². The van der Waals surface area contributed by atoms with Crippen LogP contribution in [0, 0.1) is 6.92 Å². The summed E-state index contributed by atoms with van der Waals surface area (Å²) >= 11 is 0. The van der Waals surface area contributed by atoms with Crippen LogP contribution < -0.4 is 0 Å². The number of benzene rings is 1. The van der Waals surface area contributed by atoms with Gasteiger partial charge in [0.1, 0.15) is 0 Å². The van der Waals surface area contributed by atoms with Crippen molar-refractivity contribution in [3.8, 4) is 0 Å². The molecule has 0 amide bonds. The lowest BCUT2D eigenvalue weighted by Gasteiger charge is -2.09. The molecule has 1 aromatic carbocycles. The topological polar surface area (TPSA) is 28.7 Å². The Morgan fingerprint density at radius 3 is 2.77 bits per heavy atom. The van der Waals surface area contributed by atoms with Crippen molar-refractivity contribution in [2.24, 2.45) is 0 Å². The predicted octanol–water partition coefficient (Wildman–Crippen LogP) is 2.99. The molecule has 68 valence electrons. The predicted molar refractivity (Wildman–Crippen MR) is 54.9 cm³/mol. The Balaban J connectivity index is 2.73. The number of hydrogen-bond acceptors (Lipinski definition) is 1. The summed E-state index contributed by atoms with van der Waals surface area (Å²) < 4.78 is 0. The highest BCUT2D eigenvalue weighted by molar-refractivity contribution is 5.82. The SMILES string of the molecule is Cc1c(C(C)C)ccc2[nH]ncc12. The smallest absolute Gasteiger partial charge is 0.0653 e. The molecule has 0 fully saturated rings. The van der Waals surface area contributed by atoms with Crippen LogP contribution in [0.1, 0.15) is 30.9 Å². The van der Waals surface area contributed by atoms with E-state index < -0.39 is 0 Å². The second-order valence-electron chi connectivity index (χ2n) is 3.77. The van der Waals surface area contributed by atoms with E-state index in [2.05, 4.69) is 43.1 Å². The molecule has 2 aromatic rings. The molecule has 2 heteroatoms. The highest BCUT2D eigenvalue weighted by Crippen LogP contribution is 2.25. The standard InChI is InChI=1S/C11H14N2/c1-7(2)9-4-5-11-10(8(9)3)6-12-13-11/h4-7H,1-3H3,(H,12,13). The van der Waals surface area contributed by atoms with Crippen molar-refractivity contribution in [1.29, 1.82) is 0 Å². The fraction of sp³-hybridized carbons (Fsp3) is 0.364. The summed E-state index contributed by atoms with van der Waals surface area (Å²) in [5, 5.41) is 8.26. The van der Waals surface area contributed by atoms with Crippen LogP contribution >= 0.6 is 0 Å². The number of nitrogens with zero attached hydrogens (tertiary/aromatic N) is 1. The monoisotopic (exact) mass is 174 g/mol. The lowest BCUT2D eigenvalue weighted by atomic mass is 9.96. The zero-order chi connectivity index (χ0) is 9.42. The summed E-state index contributed by atoms with van der Waals surface area (Å²) in [5.41, 5.74) is 3.89. The van der Waals surface area contributed by atoms with Gasteiger partial charge in [0.25, 0.3) is 0 Å². The molecule has 0 saturated heterocycles. The van der Waals surface area contributed by atoms with Gasteiger partial charge < -0.3 is 0 Å². The van der Waals surface area contributed by atoms with Gasteiger partial charge in [-0.3, -0.25) is 5.10 Å². The van der Waals surface area contributed by atoms with Crippen LogP contribution in [0.4, 0.5) is 0 Å². The van der Waals surface area contributed by atoms with Gasteiger partial charge in [-0.2, -0.15) is 5.10 Å². The summed E-state index contributed by atoms with van der Waals surface area (Å²) in [7, 11) is 0. The number of rotatable bonds is 1. The first-order valence-electron chi connectivity index (χ1n) is 4.62. The van der Waals surface area contributed by atoms with Gasteiger partial charge in [0.2, 0.25) is 0 Å². The van der Waals surface area contributed by atoms with Crippen molar-refractivity contribution in [1.82, 2.24) is 10.2 Å². The zero-order valence-corrected chi connectivity index (χ0v) is 8.26. The minimum Gasteiger partial charge on any atom is -0.278 e. The van der Waals surface area contributed by atoms with E-state index in [-0.39, 0.29) is 0 Å². The van der Waals surface area contributed by atoms with E-state index in [0.717, 1.165) is 5.52 Å². The Morgan fingerprint density at radius 1 is 1.31 bits per heavy atom. The number of fused-ring (bicyclic) bond motifs is 1. The van der Waals surface area contributed by atoms with E-state index in [4.69, 9.17) is 0 Å². The average Bonchev–Trinajstić information content (AvgIpc) is 2.52. The molecular formula is C11H14N2. The lowest BCUT2D eigenvalue weighted by Crippen LogP contribution is -1.91. The molecule has 0 unspecified atom stereocenters. The van der Waals surface area contributed by atoms with Gasteiger partial charge in [-0.15, -0.1) is 0 Å². The molecular weight excluding hydrogens is 160 g/mol. The zero-order valence-electron chi connectivity index (χ0n) is 8.26. The lowest BCUT2D eigenvalue weighted by molar-refractivity contribution is 0.859. The van der Waals surface area contributed by atoms with Crippen molar-refractivity contribution in [3.63, 3.8) is 0 Å². The molecule has 0 saturated carbocycles. The van der Waals surface area contributed by atoms with Crippen LogP contribution in [0.5, 0.6) is 0 Å². The highest BCUT2D eigenvalue weighted by atomic mass is 15.1. The number of hydrogen-bond donors (Lipinski definition) is 1. The number of aromatic nitrogens is 2. The average molecular weight is 174 g/mol. The normalized spacial score (nSPS) is 11.4. The first-order chi connectivity index (χ1) is 6.20. The summed E-state index contributed by atoms with van der Waals surface area (Å²) in [6.45, 7) is 6.59. The maximum Gasteiger partial charge on any atom is 0.0653 e. The van der Waals surface area contributed by atoms with Crippen molar-refractivity contribution in [3.05, 3.63) is 29.5 Å². The number of nitrogens with one attached hydrogen (secondary N) is 1. The Labute approximate surface area is 78.0 Å². The van der Waals surface area contributed by atoms with Gasteiger partial charge in [-0.05, 0) is 30.0 Å². The van der Waals surface area contributed by atoms with Crippen LogP contribution in [-0.2, 0) is 0 Å². The van der Waals surface area contributed by atoms with Crippen LogP contribution in [0.25, 0.3) is 10.9 Å². The third-order valence-corrected chi connectivity index (χ3v) is 2.56. The number of H-pyrrole nitrogens is 1. The summed E-state index contributed by atoms with van der Waals surface area (Å²) in [4.78, 5) is 0. The fourth-order valence-electron chi connectivity index (χ4n) is 1.80. The van der Waals surface area contributed by atoms with Crippen molar-refractivity contribution in [2.45, 2.75) is 26.7 Å². The van der Waals surface area contributed by atoms with Gasteiger partial charge in [-0.25, -0.2) is 0 Å². The van der Waals surface area contributed by atoms with Gasteiger partial charge >= 0.3 is 0 Å². The van der Waals surface area contributed by atoms with Gasteiger partial charge in [-0.1, -0.05) is 19.9 Å². The Bertz CT molecular complexity index is 427. The molecule has 1 aromatic heterocycles. The second-order valence-corrected chi connectivity index (χ2v) is 3.77. The molecule has 0 spiro atoms. The molecule has 0 radical (unpaired) electrons. The molecule has 2 nitrogen and oxygen atoms in total. The van der Waals surface area contributed by atoms with E-state index in [1.54, 1.807) is 0 Å². The van der Waals surface area contributed by atoms with Gasteiger partial charge in [0.05, 0.1) is 11.7 Å². The highest BCUT2D eigenvalue weighted by Gasteiger charge is 2.07. The Morgan fingerprint density at radius 2 is 2.08 bits per heavy atom. The summed E-state index contributed by atoms with van der Waals surface area (Å²) in [6.07, 6.45) is 1.90. The van der Waals surface area contributed by atoms with Crippen molar-refractivity contribution < 1.29 is 0 Å². The maximum absolute atomic E-state index is 4.04. The molecule has 0 atom stereocenters. The summed E-state index contributed by atoms with van der Waals surface area (Å²) in [5.74, 6) is 0.583. The maximum atomic E-state index is 4.04. The molecule has 0 aliphatic rings. The number of aromatic amines is 1. The molecule has 0 aliphatic heterocycles. The molecule has 1 heterocycles. The quantitative estimate of drug-likeness (QED) is 0.707. The molecule has 13 heavy (non-hydrogen) atoms. The van der Waals surface area contributed by atoms with Crippen LogP contribution in [0.3, 0.4) is 0 Å². The van der Waals surface area contributed by atoms with E-state index >= 15 is 0 Å². The van der Waals surface area contributed by atoms with Crippen molar-refractivity contribution >= 4 is 10.9 Å². The summed E-state index contributed by atoms with van der Waals surface area (Å²) in [6, 6.07) is 4.28. The van der Waals surface area contributed by atoms with E-state index in [1.807, 2.05) is 6.20 Å². The minimum atomic E-state index is 0.583. The van der Waals surface area contributed by atoms with Crippen LogP contribution in [-0.4, -0.2) is 10.2 Å². The van der Waals surface area contributed by atoms with E-state index in [0.29, 0.717) is 5.92 Å². The van der Waals surface area contributed by atoms with E-state index in [1.165, 1.54) is 16.5 Å². The van der Waals surface area contributed by atoms with E-state index in [9.17, 15) is 0 Å². The van der Waals surface area contributed by atoms with Crippen LogP contribution in [0.2, 0.25) is 0 Å². The third-order valence-electron chi connectivity index (χ3n) is 2.56. The number of aryl methyl sites for hydroxylation is 1. The first kappa shape index (κ1) is 8.30. The molecule has 0 aliphatic carbocycles. The molecule has 2 rings (SSSR count). The molecule has 0 bridgehead atoms. The van der Waals surface area contributed by atoms with Crippen LogP contribution in [0.15, 0.2) is 18.3 Å². The molecule has 1 N–H and O–H groups in total. The first-order valence-corrected chi connectivity index (χ1v) is 4.62. The third kappa shape index (κ3) is 1.22. The fourth-order valence-corrected chi connectivity index (χ4v) is 1.80. The largest absolute Gasteiger partial charge is 0.278 e. The van der Waals surface area contributed by atoms with Gasteiger partial charge in [0.15, 0.2) is 0 Å². The second kappa shape index (κ2) is 2.87. The Hall–Kier alpha value is -1.31. The minimum absolute atomic E-state index is 0.583. The van der Waals surface area contributed by atoms with Crippen molar-refractivity contribution in [2.75, 3.05) is 0 Å².